The Morgan fingerprint density at radius 2 is 2.00 bits per heavy atom. The molecule has 0 radical (unpaired) electrons. The average molecular weight is 390 g/mol. The van der Waals surface area contributed by atoms with Crippen LogP contribution in [0.4, 0.5) is 5.82 Å². The number of hydrogen-bond donors (Lipinski definition) is 1. The molecule has 2 heterocycles. The van der Waals surface area contributed by atoms with Gasteiger partial charge in [-0.05, 0) is 37.0 Å². The van der Waals surface area contributed by atoms with Crippen molar-refractivity contribution < 1.29 is 4.79 Å². The number of halogens is 2. The molecule has 3 rings (SSSR count). The molecule has 1 aliphatic rings. The lowest BCUT2D eigenvalue weighted by molar-refractivity contribution is 0.0945. The van der Waals surface area contributed by atoms with E-state index in [2.05, 4.69) is 26.3 Å². The van der Waals surface area contributed by atoms with Gasteiger partial charge in [0.2, 0.25) is 0 Å². The molecule has 0 unspecified atom stereocenters. The van der Waals surface area contributed by atoms with E-state index in [1.54, 1.807) is 24.4 Å². The second kappa shape index (κ2) is 8.35. The Kier molecular flexibility index (Phi) is 5.92. The maximum atomic E-state index is 12.3. The first-order valence-electron chi connectivity index (χ1n) is 8.28. The van der Waals surface area contributed by atoms with Crippen molar-refractivity contribution in [1.82, 2.24) is 15.3 Å². The fourth-order valence-electron chi connectivity index (χ4n) is 2.99. The van der Waals surface area contributed by atoms with Gasteiger partial charge in [0.15, 0.2) is 11.5 Å². The van der Waals surface area contributed by atoms with E-state index in [9.17, 15) is 4.79 Å². The first-order valence-corrected chi connectivity index (χ1v) is 9.03. The van der Waals surface area contributed by atoms with Gasteiger partial charge in [-0.25, -0.2) is 9.97 Å². The zero-order valence-electron chi connectivity index (χ0n) is 14.0. The van der Waals surface area contributed by atoms with Crippen molar-refractivity contribution in [2.24, 2.45) is 5.92 Å². The van der Waals surface area contributed by atoms with Crippen LogP contribution in [0.2, 0.25) is 10.0 Å². The molecule has 26 heavy (non-hydrogen) atoms. The number of rotatable bonds is 4. The monoisotopic (exact) mass is 389 g/mol. The Morgan fingerprint density at radius 3 is 2.73 bits per heavy atom. The van der Waals surface area contributed by atoms with Crippen LogP contribution in [-0.4, -0.2) is 35.5 Å². The SMILES string of the molecule is N#Cc1nccnc1N1CCC(CNC(=O)c2cc(Cl)ccc2Cl)CC1. The largest absolute Gasteiger partial charge is 0.354 e. The molecule has 0 saturated carbocycles. The summed E-state index contributed by atoms with van der Waals surface area (Å²) in [5.74, 6) is 0.763. The topological polar surface area (TPSA) is 81.9 Å². The molecule has 1 N–H and O–H groups in total. The molecule has 1 amide bonds. The molecule has 1 aromatic heterocycles. The van der Waals surface area contributed by atoms with Gasteiger partial charge in [0.05, 0.1) is 10.6 Å². The van der Waals surface area contributed by atoms with Crippen LogP contribution >= 0.6 is 23.2 Å². The minimum Gasteiger partial charge on any atom is -0.354 e. The third kappa shape index (κ3) is 4.24. The maximum absolute atomic E-state index is 12.3. The highest BCUT2D eigenvalue weighted by Crippen LogP contribution is 2.24. The fourth-order valence-corrected chi connectivity index (χ4v) is 3.37. The normalized spacial score (nSPS) is 14.7. The second-order valence-corrected chi connectivity index (χ2v) is 6.95. The van der Waals surface area contributed by atoms with Crippen molar-refractivity contribution in [2.75, 3.05) is 24.5 Å². The van der Waals surface area contributed by atoms with Crippen molar-refractivity contribution in [3.63, 3.8) is 0 Å². The molecule has 6 nitrogen and oxygen atoms in total. The van der Waals surface area contributed by atoms with Crippen LogP contribution in [0.3, 0.4) is 0 Å². The fraction of sp³-hybridized carbons (Fsp3) is 0.333. The number of carbonyl (C=O) groups excluding carboxylic acids is 1. The summed E-state index contributed by atoms with van der Waals surface area (Å²) in [5, 5.41) is 12.9. The summed E-state index contributed by atoms with van der Waals surface area (Å²) in [4.78, 5) is 22.7. The van der Waals surface area contributed by atoms with Crippen molar-refractivity contribution in [2.45, 2.75) is 12.8 Å². The number of piperidine rings is 1. The van der Waals surface area contributed by atoms with Crippen LogP contribution in [0.1, 0.15) is 28.9 Å². The zero-order valence-corrected chi connectivity index (χ0v) is 15.5. The lowest BCUT2D eigenvalue weighted by Crippen LogP contribution is -2.39. The number of nitrogens with one attached hydrogen (secondary N) is 1. The third-order valence-corrected chi connectivity index (χ3v) is 4.99. The van der Waals surface area contributed by atoms with Crippen LogP contribution in [0, 0.1) is 17.2 Å². The van der Waals surface area contributed by atoms with Crippen molar-refractivity contribution in [3.8, 4) is 6.07 Å². The summed E-state index contributed by atoms with van der Waals surface area (Å²) in [6, 6.07) is 6.91. The highest BCUT2D eigenvalue weighted by atomic mass is 35.5. The highest BCUT2D eigenvalue weighted by Gasteiger charge is 2.23. The Morgan fingerprint density at radius 1 is 1.27 bits per heavy atom. The molecule has 0 spiro atoms. The molecule has 0 bridgehead atoms. The van der Waals surface area contributed by atoms with E-state index in [-0.39, 0.29) is 5.91 Å². The smallest absolute Gasteiger partial charge is 0.252 e. The van der Waals surface area contributed by atoms with Crippen molar-refractivity contribution in [1.29, 1.82) is 5.26 Å². The van der Waals surface area contributed by atoms with E-state index in [1.807, 2.05) is 0 Å². The number of anilines is 1. The number of amides is 1. The molecule has 0 atom stereocenters. The van der Waals surface area contributed by atoms with Gasteiger partial charge < -0.3 is 10.2 Å². The molecule has 0 aliphatic carbocycles. The first-order chi connectivity index (χ1) is 12.6. The predicted octanol–water partition coefficient (Wildman–Crippen LogP) is 3.30. The second-order valence-electron chi connectivity index (χ2n) is 6.10. The number of nitrogens with zero attached hydrogens (tertiary/aromatic N) is 4. The zero-order chi connectivity index (χ0) is 18.5. The van der Waals surface area contributed by atoms with Crippen LogP contribution in [0.5, 0.6) is 0 Å². The van der Waals surface area contributed by atoms with Gasteiger partial charge in [-0.15, -0.1) is 0 Å². The molecule has 1 saturated heterocycles. The summed E-state index contributed by atoms with van der Waals surface area (Å²) in [6.07, 6.45) is 4.90. The van der Waals surface area contributed by atoms with Gasteiger partial charge in [-0.2, -0.15) is 5.26 Å². The van der Waals surface area contributed by atoms with E-state index >= 15 is 0 Å². The van der Waals surface area contributed by atoms with Gasteiger partial charge in [0.1, 0.15) is 6.07 Å². The van der Waals surface area contributed by atoms with Crippen LogP contribution in [0.15, 0.2) is 30.6 Å². The minimum atomic E-state index is -0.222. The van der Waals surface area contributed by atoms with Crippen LogP contribution in [0.25, 0.3) is 0 Å². The van der Waals surface area contributed by atoms with E-state index in [0.29, 0.717) is 39.6 Å². The van der Waals surface area contributed by atoms with Crippen molar-refractivity contribution in [3.05, 3.63) is 51.9 Å². The van der Waals surface area contributed by atoms with E-state index < -0.39 is 0 Å². The van der Waals surface area contributed by atoms with Crippen LogP contribution < -0.4 is 10.2 Å². The summed E-state index contributed by atoms with van der Waals surface area (Å²) >= 11 is 12.0. The Bertz CT molecular complexity index is 844. The van der Waals surface area contributed by atoms with Gasteiger partial charge >= 0.3 is 0 Å². The first kappa shape index (κ1) is 18.4. The summed E-state index contributed by atoms with van der Waals surface area (Å²) in [7, 11) is 0. The number of benzene rings is 1. The molecule has 8 heteroatoms. The van der Waals surface area contributed by atoms with Gasteiger partial charge in [0, 0.05) is 37.1 Å². The Balaban J connectivity index is 1.54. The molecule has 1 fully saturated rings. The molecule has 2 aromatic rings. The summed E-state index contributed by atoms with van der Waals surface area (Å²) in [5.41, 5.74) is 0.727. The molecule has 134 valence electrons. The molecular formula is C18H17Cl2N5O. The average Bonchev–Trinajstić information content (AvgIpc) is 2.68. The van der Waals surface area contributed by atoms with E-state index in [0.717, 1.165) is 25.9 Å². The third-order valence-electron chi connectivity index (χ3n) is 4.42. The van der Waals surface area contributed by atoms with Crippen LogP contribution in [-0.2, 0) is 0 Å². The Labute approximate surface area is 161 Å². The van der Waals surface area contributed by atoms with Crippen molar-refractivity contribution >= 4 is 34.9 Å². The van der Waals surface area contributed by atoms with Gasteiger partial charge in [-0.3, -0.25) is 4.79 Å². The summed E-state index contributed by atoms with van der Waals surface area (Å²) in [6.45, 7) is 2.11. The molecule has 1 aliphatic heterocycles. The number of hydrogen-bond acceptors (Lipinski definition) is 5. The predicted molar refractivity (Wildman–Crippen MR) is 100 cm³/mol. The quantitative estimate of drug-likeness (QED) is 0.866. The van der Waals surface area contributed by atoms with Gasteiger partial charge in [0.25, 0.3) is 5.91 Å². The molecule has 1 aromatic carbocycles. The minimum absolute atomic E-state index is 0.222. The van der Waals surface area contributed by atoms with E-state index in [1.165, 1.54) is 6.20 Å². The summed E-state index contributed by atoms with van der Waals surface area (Å²) < 4.78 is 0. The number of carbonyl (C=O) groups is 1. The lowest BCUT2D eigenvalue weighted by Gasteiger charge is -2.32. The number of aromatic nitrogens is 2. The lowest BCUT2D eigenvalue weighted by atomic mass is 9.96. The standard InChI is InChI=1S/C18H17Cl2N5O/c19-13-1-2-15(20)14(9-13)18(26)24-11-12-3-7-25(8-4-12)17-16(10-21)22-5-6-23-17/h1-2,5-6,9,12H,3-4,7-8,11H2,(H,24,26). The van der Waals surface area contributed by atoms with E-state index in [4.69, 9.17) is 28.5 Å². The number of nitriles is 1. The maximum Gasteiger partial charge on any atom is 0.252 e. The van der Waals surface area contributed by atoms with Gasteiger partial charge in [-0.1, -0.05) is 23.2 Å². The molecular weight excluding hydrogens is 373 g/mol. The Hall–Kier alpha value is -2.36. The highest BCUT2D eigenvalue weighted by molar-refractivity contribution is 6.35.